The van der Waals surface area contributed by atoms with Crippen LogP contribution >= 0.6 is 0 Å². The van der Waals surface area contributed by atoms with E-state index in [0.29, 0.717) is 0 Å². The first kappa shape index (κ1) is 9.57. The first-order valence-corrected chi connectivity index (χ1v) is 5.20. The van der Waals surface area contributed by atoms with Crippen molar-refractivity contribution < 1.29 is 0 Å². The predicted molar refractivity (Wildman–Crippen MR) is 55.1 cm³/mol. The third kappa shape index (κ3) is 2.84. The molecule has 1 aliphatic rings. The molecule has 12 heavy (non-hydrogen) atoms. The van der Waals surface area contributed by atoms with Gasteiger partial charge in [0.1, 0.15) is 0 Å². The number of rotatable bonds is 5. The van der Waals surface area contributed by atoms with Crippen molar-refractivity contribution in [3.8, 4) is 0 Å². The quantitative estimate of drug-likeness (QED) is 0.537. The largest absolute Gasteiger partial charge is 0.0805 e. The zero-order valence-corrected chi connectivity index (χ0v) is 8.34. The van der Waals surface area contributed by atoms with Crippen LogP contribution < -0.4 is 0 Å². The van der Waals surface area contributed by atoms with Crippen LogP contribution in [-0.4, -0.2) is 0 Å². The summed E-state index contributed by atoms with van der Waals surface area (Å²) in [4.78, 5) is 0. The minimum atomic E-state index is 0.812. The molecule has 0 spiro atoms. The van der Waals surface area contributed by atoms with Crippen LogP contribution in [0.3, 0.4) is 0 Å². The van der Waals surface area contributed by atoms with Gasteiger partial charge in [-0.05, 0) is 18.8 Å². The van der Waals surface area contributed by atoms with Crippen LogP contribution in [0.1, 0.15) is 46.0 Å². The Morgan fingerprint density at radius 2 is 2.25 bits per heavy atom. The van der Waals surface area contributed by atoms with Gasteiger partial charge in [0.2, 0.25) is 0 Å². The highest BCUT2D eigenvalue weighted by molar-refractivity contribution is 5.24. The van der Waals surface area contributed by atoms with Gasteiger partial charge in [0.25, 0.3) is 0 Å². The van der Waals surface area contributed by atoms with E-state index in [1.54, 1.807) is 5.57 Å². The van der Waals surface area contributed by atoms with Gasteiger partial charge in [-0.3, -0.25) is 0 Å². The molecule has 0 saturated carbocycles. The maximum Gasteiger partial charge on any atom is -0.0130 e. The summed E-state index contributed by atoms with van der Waals surface area (Å²) in [6.45, 7) is 4.62. The fourth-order valence-electron chi connectivity index (χ4n) is 1.72. The lowest BCUT2D eigenvalue weighted by Gasteiger charge is -2.11. The van der Waals surface area contributed by atoms with E-state index in [9.17, 15) is 0 Å². The van der Waals surface area contributed by atoms with E-state index in [2.05, 4.69) is 32.1 Å². The van der Waals surface area contributed by atoms with Gasteiger partial charge in [-0.15, -0.1) is 0 Å². The van der Waals surface area contributed by atoms with E-state index in [1.807, 2.05) is 0 Å². The molecule has 0 radical (unpaired) electrons. The van der Waals surface area contributed by atoms with Gasteiger partial charge in [0.05, 0.1) is 0 Å². The molecule has 0 heterocycles. The maximum atomic E-state index is 2.36. The van der Waals surface area contributed by atoms with Crippen LogP contribution in [0.5, 0.6) is 0 Å². The summed E-state index contributed by atoms with van der Waals surface area (Å²) in [5, 5.41) is 0. The van der Waals surface area contributed by atoms with Gasteiger partial charge in [-0.25, -0.2) is 0 Å². The third-order valence-corrected chi connectivity index (χ3v) is 2.67. The Hall–Kier alpha value is -0.520. The molecular weight excluding hydrogens is 144 g/mol. The molecule has 1 aliphatic carbocycles. The second-order valence-electron chi connectivity index (χ2n) is 3.77. The molecule has 1 atom stereocenters. The first-order valence-electron chi connectivity index (χ1n) is 5.20. The van der Waals surface area contributed by atoms with Crippen LogP contribution in [0.2, 0.25) is 0 Å². The molecule has 0 fully saturated rings. The van der Waals surface area contributed by atoms with E-state index >= 15 is 0 Å². The summed E-state index contributed by atoms with van der Waals surface area (Å²) in [6, 6.07) is 0. The lowest BCUT2D eigenvalue weighted by molar-refractivity contribution is 0.549. The standard InChI is InChI=1S/C12H20/c1-3-4-5-8-11(2)12-9-6-7-10-12/h6-7,9,11H,3-5,8,10H2,1-2H3. The molecule has 0 bridgehead atoms. The van der Waals surface area contributed by atoms with E-state index in [0.717, 1.165) is 5.92 Å². The fourth-order valence-corrected chi connectivity index (χ4v) is 1.72. The number of allylic oxidation sites excluding steroid dienone is 4. The van der Waals surface area contributed by atoms with E-state index < -0.39 is 0 Å². The maximum absolute atomic E-state index is 2.36. The van der Waals surface area contributed by atoms with Gasteiger partial charge in [-0.1, -0.05) is 56.9 Å². The average Bonchev–Trinajstić information content (AvgIpc) is 2.56. The van der Waals surface area contributed by atoms with Crippen LogP contribution in [-0.2, 0) is 0 Å². The topological polar surface area (TPSA) is 0 Å². The van der Waals surface area contributed by atoms with Gasteiger partial charge < -0.3 is 0 Å². The Bertz CT molecular complexity index is 174. The first-order chi connectivity index (χ1) is 5.84. The Labute approximate surface area is 76.4 Å². The molecule has 0 aliphatic heterocycles. The molecule has 0 saturated heterocycles. The zero-order chi connectivity index (χ0) is 8.81. The van der Waals surface area contributed by atoms with Crippen molar-refractivity contribution in [1.29, 1.82) is 0 Å². The van der Waals surface area contributed by atoms with Gasteiger partial charge in [0, 0.05) is 0 Å². The lowest BCUT2D eigenvalue weighted by atomic mass is 9.94. The van der Waals surface area contributed by atoms with E-state index in [4.69, 9.17) is 0 Å². The summed E-state index contributed by atoms with van der Waals surface area (Å²) >= 11 is 0. The van der Waals surface area contributed by atoms with Crippen molar-refractivity contribution in [2.45, 2.75) is 46.0 Å². The van der Waals surface area contributed by atoms with Gasteiger partial charge >= 0.3 is 0 Å². The Balaban J connectivity index is 2.15. The van der Waals surface area contributed by atoms with Crippen LogP contribution in [0.15, 0.2) is 23.8 Å². The highest BCUT2D eigenvalue weighted by Gasteiger charge is 2.08. The second kappa shape index (κ2) is 5.18. The highest BCUT2D eigenvalue weighted by atomic mass is 14.1. The summed E-state index contributed by atoms with van der Waals surface area (Å²) in [7, 11) is 0. The van der Waals surface area contributed by atoms with Crippen molar-refractivity contribution >= 4 is 0 Å². The number of hydrogen-bond acceptors (Lipinski definition) is 0. The van der Waals surface area contributed by atoms with Crippen LogP contribution in [0.25, 0.3) is 0 Å². The number of hydrogen-bond donors (Lipinski definition) is 0. The molecule has 0 amide bonds. The fraction of sp³-hybridized carbons (Fsp3) is 0.667. The molecule has 0 N–H and O–H groups in total. The summed E-state index contributed by atoms with van der Waals surface area (Å²) < 4.78 is 0. The molecule has 68 valence electrons. The Morgan fingerprint density at radius 1 is 1.42 bits per heavy atom. The molecule has 0 aromatic rings. The molecule has 0 aromatic carbocycles. The van der Waals surface area contributed by atoms with E-state index in [-0.39, 0.29) is 0 Å². The molecule has 1 unspecified atom stereocenters. The molecule has 0 aromatic heterocycles. The minimum Gasteiger partial charge on any atom is -0.0805 e. The van der Waals surface area contributed by atoms with E-state index in [1.165, 1.54) is 32.1 Å². The average molecular weight is 164 g/mol. The molecule has 1 rings (SSSR count). The summed E-state index contributed by atoms with van der Waals surface area (Å²) in [5.74, 6) is 0.812. The summed E-state index contributed by atoms with van der Waals surface area (Å²) in [6.07, 6.45) is 13.4. The van der Waals surface area contributed by atoms with Crippen molar-refractivity contribution in [2.75, 3.05) is 0 Å². The highest BCUT2D eigenvalue weighted by Crippen LogP contribution is 2.24. The Kier molecular flexibility index (Phi) is 4.13. The third-order valence-electron chi connectivity index (χ3n) is 2.67. The van der Waals surface area contributed by atoms with Crippen molar-refractivity contribution in [3.63, 3.8) is 0 Å². The van der Waals surface area contributed by atoms with Crippen molar-refractivity contribution in [2.24, 2.45) is 5.92 Å². The predicted octanol–water partition coefficient (Wildman–Crippen LogP) is 4.09. The van der Waals surface area contributed by atoms with Crippen molar-refractivity contribution in [1.82, 2.24) is 0 Å². The minimum absolute atomic E-state index is 0.812. The zero-order valence-electron chi connectivity index (χ0n) is 8.34. The molecule has 0 nitrogen and oxygen atoms in total. The van der Waals surface area contributed by atoms with Crippen molar-refractivity contribution in [3.05, 3.63) is 23.8 Å². The smallest absolute Gasteiger partial charge is 0.0130 e. The Morgan fingerprint density at radius 3 is 2.83 bits per heavy atom. The monoisotopic (exact) mass is 164 g/mol. The van der Waals surface area contributed by atoms with Gasteiger partial charge in [-0.2, -0.15) is 0 Å². The summed E-state index contributed by atoms with van der Waals surface area (Å²) in [5.41, 5.74) is 1.63. The SMILES string of the molecule is CCCCCC(C)C1=CC=CC1. The van der Waals surface area contributed by atoms with Crippen LogP contribution in [0, 0.1) is 5.92 Å². The molecular formula is C12H20. The normalized spacial score (nSPS) is 18.0. The van der Waals surface area contributed by atoms with Gasteiger partial charge in [0.15, 0.2) is 0 Å². The van der Waals surface area contributed by atoms with Crippen LogP contribution in [0.4, 0.5) is 0 Å². The second-order valence-corrected chi connectivity index (χ2v) is 3.77. The molecule has 0 heteroatoms. The lowest BCUT2D eigenvalue weighted by Crippen LogP contribution is -1.97. The number of unbranched alkanes of at least 4 members (excludes halogenated alkanes) is 2.